The maximum absolute atomic E-state index is 12.5. The van der Waals surface area contributed by atoms with Gasteiger partial charge in [0.15, 0.2) is 0 Å². The number of hydrogen-bond donors (Lipinski definition) is 3. The van der Waals surface area contributed by atoms with Crippen LogP contribution in [0, 0.1) is 0 Å². The Kier molecular flexibility index (Phi) is 6.08. The van der Waals surface area contributed by atoms with Crippen molar-refractivity contribution in [2.45, 2.75) is 5.25 Å². The number of imidazole rings is 1. The van der Waals surface area contributed by atoms with Gasteiger partial charge < -0.3 is 24.6 Å². The van der Waals surface area contributed by atoms with Crippen LogP contribution in [0.5, 0.6) is 5.75 Å². The van der Waals surface area contributed by atoms with Crippen LogP contribution in [0.15, 0.2) is 55.0 Å². The third kappa shape index (κ3) is 4.80. The number of aromatic nitrogens is 3. The summed E-state index contributed by atoms with van der Waals surface area (Å²) in [6.45, 7) is 2.13. The monoisotopic (exact) mass is 439 g/mol. The molecule has 0 saturated carbocycles. The van der Waals surface area contributed by atoms with Crippen LogP contribution in [-0.4, -0.2) is 63.2 Å². The average molecular weight is 439 g/mol. The first-order valence-electron chi connectivity index (χ1n) is 9.69. The molecule has 1 aliphatic heterocycles. The second-order valence-corrected chi connectivity index (χ2v) is 7.51. The van der Waals surface area contributed by atoms with Crippen LogP contribution in [0.1, 0.15) is 27.0 Å². The number of aromatic amines is 1. The third-order valence-corrected chi connectivity index (χ3v) is 5.58. The first kappa shape index (κ1) is 20.7. The topological polar surface area (TPSA) is 112 Å². The fraction of sp³-hybridized carbons (Fsp3) is 0.238. The van der Waals surface area contributed by atoms with E-state index in [1.54, 1.807) is 35.5 Å². The Hall–Kier alpha value is -3.53. The molecule has 0 spiro atoms. The molecule has 1 saturated heterocycles. The number of nitrogens with one attached hydrogen (secondary N) is 1. The number of aromatic carboxylic acids is 1. The smallest absolute Gasteiger partial charge is 0.415 e. The molecule has 2 N–H and O–H groups in total. The van der Waals surface area contributed by atoms with Gasteiger partial charge in [0.25, 0.3) is 0 Å². The van der Waals surface area contributed by atoms with E-state index in [1.807, 2.05) is 17.0 Å². The molecule has 9 nitrogen and oxygen atoms in total. The summed E-state index contributed by atoms with van der Waals surface area (Å²) < 4.78 is 5.50. The highest BCUT2D eigenvalue weighted by atomic mass is 32.1. The van der Waals surface area contributed by atoms with Crippen molar-refractivity contribution in [3.63, 3.8) is 0 Å². The number of pyridine rings is 1. The van der Waals surface area contributed by atoms with E-state index in [2.05, 4.69) is 27.6 Å². The molecule has 1 fully saturated rings. The molecule has 1 atom stereocenters. The van der Waals surface area contributed by atoms with Crippen LogP contribution in [0.2, 0.25) is 0 Å². The van der Waals surface area contributed by atoms with Crippen LogP contribution in [0.4, 0.5) is 10.6 Å². The summed E-state index contributed by atoms with van der Waals surface area (Å²) in [7, 11) is 0. The highest BCUT2D eigenvalue weighted by molar-refractivity contribution is 7.80. The number of anilines is 1. The van der Waals surface area contributed by atoms with Gasteiger partial charge >= 0.3 is 12.1 Å². The number of carbonyl (C=O) groups is 2. The quantitative estimate of drug-likeness (QED) is 0.524. The van der Waals surface area contributed by atoms with Crippen molar-refractivity contribution < 1.29 is 19.4 Å². The normalized spacial score (nSPS) is 14.9. The lowest BCUT2D eigenvalue weighted by Gasteiger charge is -2.34. The molecular weight excluding hydrogens is 418 g/mol. The SMILES string of the molecule is O=C(O)c1ccc(N2CCN(C(=O)Oc3ccc(C(S)c4ncc[nH]4)cc3)CC2)nc1. The number of nitrogens with zero attached hydrogens (tertiary/aromatic N) is 4. The minimum Gasteiger partial charge on any atom is -0.478 e. The van der Waals surface area contributed by atoms with Gasteiger partial charge in [-0.05, 0) is 29.8 Å². The predicted molar refractivity (Wildman–Crippen MR) is 117 cm³/mol. The molecule has 4 rings (SSSR count). The van der Waals surface area contributed by atoms with Crippen LogP contribution < -0.4 is 9.64 Å². The number of benzene rings is 1. The van der Waals surface area contributed by atoms with Gasteiger partial charge in [-0.1, -0.05) is 12.1 Å². The van der Waals surface area contributed by atoms with Gasteiger partial charge in [0.2, 0.25) is 0 Å². The second-order valence-electron chi connectivity index (χ2n) is 7.00. The van der Waals surface area contributed by atoms with Gasteiger partial charge in [-0.3, -0.25) is 0 Å². The van der Waals surface area contributed by atoms with Crippen molar-refractivity contribution in [2.75, 3.05) is 31.1 Å². The first-order valence-corrected chi connectivity index (χ1v) is 10.2. The molecule has 1 unspecified atom stereocenters. The van der Waals surface area contributed by atoms with Crippen molar-refractivity contribution in [1.29, 1.82) is 0 Å². The standard InChI is InChI=1S/C21H21N5O4S/c27-20(28)15-3-6-17(24-13-15)25-9-11-26(12-10-25)21(29)30-16-4-1-14(2-5-16)18(31)19-22-7-8-23-19/h1-8,13,18,31H,9-12H2,(H,22,23)(H,27,28). The fourth-order valence-corrected chi connectivity index (χ4v) is 3.60. The number of carbonyl (C=O) groups excluding carboxylic acids is 1. The maximum Gasteiger partial charge on any atom is 0.415 e. The van der Waals surface area contributed by atoms with Crippen LogP contribution in [0.3, 0.4) is 0 Å². The average Bonchev–Trinajstić information content (AvgIpc) is 3.34. The largest absolute Gasteiger partial charge is 0.478 e. The van der Waals surface area contributed by atoms with Crippen molar-refractivity contribution in [2.24, 2.45) is 0 Å². The minimum absolute atomic E-state index is 0.144. The molecule has 1 aromatic carbocycles. The number of amides is 1. The van der Waals surface area contributed by atoms with E-state index >= 15 is 0 Å². The molecule has 0 radical (unpaired) electrons. The maximum atomic E-state index is 12.5. The van der Waals surface area contributed by atoms with E-state index in [0.717, 1.165) is 11.4 Å². The Labute approximate surface area is 184 Å². The first-order chi connectivity index (χ1) is 15.0. The molecule has 31 heavy (non-hydrogen) atoms. The third-order valence-electron chi connectivity index (χ3n) is 5.04. The van der Waals surface area contributed by atoms with Crippen LogP contribution in [0.25, 0.3) is 0 Å². The number of H-pyrrole nitrogens is 1. The van der Waals surface area contributed by atoms with E-state index in [4.69, 9.17) is 9.84 Å². The van der Waals surface area contributed by atoms with E-state index in [-0.39, 0.29) is 10.8 Å². The molecule has 3 heterocycles. The van der Waals surface area contributed by atoms with E-state index in [0.29, 0.717) is 37.7 Å². The summed E-state index contributed by atoms with van der Waals surface area (Å²) in [6, 6.07) is 10.4. The number of carboxylic acids is 1. The Morgan fingerprint density at radius 2 is 1.81 bits per heavy atom. The zero-order valence-electron chi connectivity index (χ0n) is 16.5. The van der Waals surface area contributed by atoms with Crippen molar-refractivity contribution in [3.8, 4) is 5.75 Å². The summed E-state index contributed by atoms with van der Waals surface area (Å²) in [5.41, 5.74) is 1.08. The summed E-state index contributed by atoms with van der Waals surface area (Å²) in [4.78, 5) is 38.5. The molecule has 160 valence electrons. The van der Waals surface area contributed by atoms with Gasteiger partial charge in [0.1, 0.15) is 17.4 Å². The zero-order chi connectivity index (χ0) is 21.8. The van der Waals surface area contributed by atoms with Gasteiger partial charge in [-0.25, -0.2) is 19.6 Å². The molecule has 1 aliphatic rings. The molecule has 0 aliphatic carbocycles. The molecular formula is C21H21N5O4S. The Balaban J connectivity index is 1.30. The van der Waals surface area contributed by atoms with E-state index in [9.17, 15) is 9.59 Å². The minimum atomic E-state index is -1.01. The number of ether oxygens (including phenoxy) is 1. The molecule has 10 heteroatoms. The number of rotatable bonds is 5. The van der Waals surface area contributed by atoms with Gasteiger partial charge in [0.05, 0.1) is 10.8 Å². The summed E-state index contributed by atoms with van der Waals surface area (Å²) >= 11 is 4.57. The fourth-order valence-electron chi connectivity index (χ4n) is 3.29. The molecule has 1 amide bonds. The molecule has 0 bridgehead atoms. The van der Waals surface area contributed by atoms with Crippen molar-refractivity contribution in [1.82, 2.24) is 19.9 Å². The Bertz CT molecular complexity index is 1030. The molecule has 3 aromatic rings. The van der Waals surface area contributed by atoms with Gasteiger partial charge in [-0.15, -0.1) is 0 Å². The van der Waals surface area contributed by atoms with E-state index in [1.165, 1.54) is 12.3 Å². The lowest BCUT2D eigenvalue weighted by atomic mass is 10.1. The lowest BCUT2D eigenvalue weighted by Crippen LogP contribution is -2.49. The van der Waals surface area contributed by atoms with Crippen molar-refractivity contribution in [3.05, 3.63) is 71.9 Å². The van der Waals surface area contributed by atoms with E-state index < -0.39 is 12.1 Å². The Morgan fingerprint density at radius 1 is 1.06 bits per heavy atom. The van der Waals surface area contributed by atoms with Gasteiger partial charge in [0, 0.05) is 44.8 Å². The number of piperazine rings is 1. The Morgan fingerprint density at radius 3 is 2.39 bits per heavy atom. The number of thiol groups is 1. The zero-order valence-corrected chi connectivity index (χ0v) is 17.4. The summed E-state index contributed by atoms with van der Waals surface area (Å²) in [5.74, 6) is 0.886. The van der Waals surface area contributed by atoms with Gasteiger partial charge in [-0.2, -0.15) is 12.6 Å². The number of hydrogen-bond acceptors (Lipinski definition) is 7. The predicted octanol–water partition coefficient (Wildman–Crippen LogP) is 2.84. The molecule has 2 aromatic heterocycles. The highest BCUT2D eigenvalue weighted by Gasteiger charge is 2.23. The second kappa shape index (κ2) is 9.09. The number of carboxylic acid groups (broad SMARTS) is 1. The van der Waals surface area contributed by atoms with Crippen molar-refractivity contribution >= 4 is 30.5 Å². The summed E-state index contributed by atoms with van der Waals surface area (Å²) in [6.07, 6.45) is 4.35. The van der Waals surface area contributed by atoms with Crippen LogP contribution >= 0.6 is 12.6 Å². The van der Waals surface area contributed by atoms with Crippen LogP contribution in [-0.2, 0) is 0 Å². The lowest BCUT2D eigenvalue weighted by molar-refractivity contribution is 0.0696. The summed E-state index contributed by atoms with van der Waals surface area (Å²) in [5, 5.41) is 8.78. The highest BCUT2D eigenvalue weighted by Crippen LogP contribution is 2.27.